The van der Waals surface area contributed by atoms with Gasteiger partial charge in [-0.3, -0.25) is 14.4 Å². The normalized spacial score (nSPS) is 16.0. The first-order valence-corrected chi connectivity index (χ1v) is 9.94. The van der Waals surface area contributed by atoms with Crippen molar-refractivity contribution in [1.29, 1.82) is 0 Å². The van der Waals surface area contributed by atoms with Gasteiger partial charge in [0.1, 0.15) is 11.6 Å². The minimum absolute atomic E-state index is 0.0724. The zero-order chi connectivity index (χ0) is 21.7. The summed E-state index contributed by atoms with van der Waals surface area (Å²) in [4.78, 5) is 37.6. The van der Waals surface area contributed by atoms with E-state index in [0.29, 0.717) is 43.0 Å². The summed E-state index contributed by atoms with van der Waals surface area (Å²) in [7, 11) is 3.15. The Morgan fingerprint density at radius 3 is 2.67 bits per heavy atom. The second-order valence-corrected chi connectivity index (χ2v) is 7.27. The molecule has 1 aromatic carbocycles. The predicted octanol–water partition coefficient (Wildman–Crippen LogP) is 1.43. The van der Waals surface area contributed by atoms with Crippen molar-refractivity contribution in [1.82, 2.24) is 15.2 Å². The Morgan fingerprint density at radius 1 is 1.20 bits per heavy atom. The average molecular weight is 413 g/mol. The Labute approximate surface area is 175 Å². The molecule has 2 amide bonds. The number of nitrogens with zero attached hydrogens (tertiary/aromatic N) is 1. The van der Waals surface area contributed by atoms with E-state index in [1.807, 2.05) is 18.2 Å². The lowest BCUT2D eigenvalue weighted by Crippen LogP contribution is -2.51. The third kappa shape index (κ3) is 4.64. The van der Waals surface area contributed by atoms with Gasteiger partial charge in [0.05, 0.1) is 14.2 Å². The third-order valence-electron chi connectivity index (χ3n) is 5.28. The molecule has 2 N–H and O–H groups in total. The third-order valence-corrected chi connectivity index (χ3v) is 5.28. The monoisotopic (exact) mass is 413 g/mol. The summed E-state index contributed by atoms with van der Waals surface area (Å²) in [5.74, 6) is 0.536. The fourth-order valence-corrected chi connectivity index (χ4v) is 3.54. The topological polar surface area (TPSA) is 98.7 Å². The molecule has 0 aliphatic carbocycles. The molecule has 2 heterocycles. The average Bonchev–Trinajstić information content (AvgIpc) is 2.74. The molecule has 1 saturated heterocycles. The van der Waals surface area contributed by atoms with Crippen molar-refractivity contribution in [2.24, 2.45) is 0 Å². The highest BCUT2D eigenvalue weighted by atomic mass is 16.5. The van der Waals surface area contributed by atoms with Crippen LogP contribution in [-0.4, -0.2) is 43.2 Å². The van der Waals surface area contributed by atoms with Gasteiger partial charge in [-0.05, 0) is 55.5 Å². The number of nitrogens with one attached hydrogen (secondary N) is 2. The highest BCUT2D eigenvalue weighted by Gasteiger charge is 2.26. The molecule has 1 atom stereocenters. The summed E-state index contributed by atoms with van der Waals surface area (Å²) in [5, 5.41) is 5.43. The Bertz CT molecular complexity index is 999. The van der Waals surface area contributed by atoms with Gasteiger partial charge in [0, 0.05) is 19.3 Å². The fourth-order valence-electron chi connectivity index (χ4n) is 3.54. The van der Waals surface area contributed by atoms with Crippen LogP contribution in [0.4, 0.5) is 0 Å². The molecule has 8 heteroatoms. The maximum absolute atomic E-state index is 13.0. The minimum Gasteiger partial charge on any atom is -0.493 e. The second kappa shape index (κ2) is 9.47. The first kappa shape index (κ1) is 21.4. The van der Waals surface area contributed by atoms with E-state index in [1.165, 1.54) is 4.57 Å². The molecular formula is C22H27N3O5. The van der Waals surface area contributed by atoms with Gasteiger partial charge in [0.25, 0.3) is 11.5 Å². The van der Waals surface area contributed by atoms with Crippen LogP contribution in [0.5, 0.6) is 11.5 Å². The van der Waals surface area contributed by atoms with Gasteiger partial charge in [-0.25, -0.2) is 0 Å². The molecular weight excluding hydrogens is 386 g/mol. The quantitative estimate of drug-likeness (QED) is 0.716. The summed E-state index contributed by atoms with van der Waals surface area (Å²) < 4.78 is 12.1. The van der Waals surface area contributed by atoms with E-state index >= 15 is 0 Å². The van der Waals surface area contributed by atoms with Crippen molar-refractivity contribution >= 4 is 11.8 Å². The highest BCUT2D eigenvalue weighted by Crippen LogP contribution is 2.27. The molecule has 0 saturated carbocycles. The van der Waals surface area contributed by atoms with Gasteiger partial charge in [0.15, 0.2) is 11.5 Å². The molecule has 0 spiro atoms. The summed E-state index contributed by atoms with van der Waals surface area (Å²) in [6, 6.07) is 6.74. The second-order valence-electron chi connectivity index (χ2n) is 7.27. The molecule has 8 nitrogen and oxygen atoms in total. The van der Waals surface area contributed by atoms with Crippen LogP contribution in [0, 0.1) is 6.92 Å². The number of carbonyl (C=O) groups is 2. The van der Waals surface area contributed by atoms with E-state index in [9.17, 15) is 14.4 Å². The summed E-state index contributed by atoms with van der Waals surface area (Å²) in [6.45, 7) is 2.73. The molecule has 2 aromatic rings. The molecule has 0 bridgehead atoms. The van der Waals surface area contributed by atoms with Crippen LogP contribution in [0.2, 0.25) is 0 Å². The van der Waals surface area contributed by atoms with Crippen molar-refractivity contribution in [2.75, 3.05) is 20.8 Å². The van der Waals surface area contributed by atoms with Crippen LogP contribution in [-0.2, 0) is 17.8 Å². The van der Waals surface area contributed by atoms with E-state index in [4.69, 9.17) is 9.47 Å². The smallest absolute Gasteiger partial charge is 0.263 e. The number of hydrogen-bond donors (Lipinski definition) is 2. The lowest BCUT2D eigenvalue weighted by molar-refractivity contribution is -0.124. The van der Waals surface area contributed by atoms with Crippen LogP contribution < -0.4 is 25.7 Å². The zero-order valence-electron chi connectivity index (χ0n) is 17.5. The van der Waals surface area contributed by atoms with Crippen LogP contribution in [0.15, 0.2) is 35.3 Å². The number of rotatable bonds is 7. The molecule has 1 aromatic heterocycles. The fraction of sp³-hybridized carbons (Fsp3) is 0.409. The number of ether oxygens (including phenoxy) is 2. The molecule has 1 fully saturated rings. The lowest BCUT2D eigenvalue weighted by atomic mass is 10.1. The largest absolute Gasteiger partial charge is 0.493 e. The molecule has 1 unspecified atom stereocenters. The number of aryl methyl sites for hydroxylation is 3. The Morgan fingerprint density at radius 2 is 1.97 bits per heavy atom. The highest BCUT2D eigenvalue weighted by molar-refractivity contribution is 5.98. The van der Waals surface area contributed by atoms with Gasteiger partial charge >= 0.3 is 0 Å². The Balaban J connectivity index is 1.76. The number of pyridine rings is 1. The number of hydrogen-bond acceptors (Lipinski definition) is 5. The lowest BCUT2D eigenvalue weighted by Gasteiger charge is -2.23. The molecule has 1 aliphatic rings. The standard InChI is InChI=1S/C22H27N3O5/c1-14-8-11-25(12-9-15-6-7-17(29-2)18(13-15)30-3)22(28)19(14)21(27)24-16-5-4-10-23-20(16)26/h6-8,11,13,16H,4-5,9-10,12H2,1-3H3,(H,23,26)(H,24,27). The number of amides is 2. The SMILES string of the molecule is COc1ccc(CCn2ccc(C)c(C(=O)NC3CCCNC3=O)c2=O)cc1OC. The van der Waals surface area contributed by atoms with E-state index < -0.39 is 11.9 Å². The van der Waals surface area contributed by atoms with E-state index in [-0.39, 0.29) is 17.0 Å². The molecule has 0 radical (unpaired) electrons. The van der Waals surface area contributed by atoms with Gasteiger partial charge in [-0.2, -0.15) is 0 Å². The van der Waals surface area contributed by atoms with Crippen molar-refractivity contribution in [2.45, 2.75) is 38.8 Å². The van der Waals surface area contributed by atoms with Gasteiger partial charge in [-0.15, -0.1) is 0 Å². The van der Waals surface area contributed by atoms with E-state index in [2.05, 4.69) is 10.6 Å². The number of methoxy groups -OCH3 is 2. The molecule has 3 rings (SSSR count). The Hall–Kier alpha value is -3.29. The minimum atomic E-state index is -0.606. The zero-order valence-corrected chi connectivity index (χ0v) is 17.5. The number of piperidine rings is 1. The van der Waals surface area contributed by atoms with Crippen LogP contribution in [0.25, 0.3) is 0 Å². The maximum atomic E-state index is 13.0. The first-order chi connectivity index (χ1) is 14.4. The van der Waals surface area contributed by atoms with E-state index in [1.54, 1.807) is 33.4 Å². The number of carbonyl (C=O) groups excluding carboxylic acids is 2. The van der Waals surface area contributed by atoms with Crippen LogP contribution in [0.1, 0.15) is 34.3 Å². The number of benzene rings is 1. The number of aromatic nitrogens is 1. The molecule has 1 aliphatic heterocycles. The van der Waals surface area contributed by atoms with Crippen molar-refractivity contribution in [3.8, 4) is 11.5 Å². The van der Waals surface area contributed by atoms with Gasteiger partial charge < -0.3 is 24.7 Å². The van der Waals surface area contributed by atoms with Gasteiger partial charge in [-0.1, -0.05) is 6.07 Å². The van der Waals surface area contributed by atoms with Gasteiger partial charge in [0.2, 0.25) is 5.91 Å². The molecule has 160 valence electrons. The predicted molar refractivity (Wildman–Crippen MR) is 112 cm³/mol. The Kier molecular flexibility index (Phi) is 6.76. The van der Waals surface area contributed by atoms with Crippen LogP contribution in [0.3, 0.4) is 0 Å². The molecule has 30 heavy (non-hydrogen) atoms. The maximum Gasteiger partial charge on any atom is 0.263 e. The van der Waals surface area contributed by atoms with Crippen LogP contribution >= 0.6 is 0 Å². The summed E-state index contributed by atoms with van der Waals surface area (Å²) in [5.41, 5.74) is 1.26. The van der Waals surface area contributed by atoms with Crippen molar-refractivity contribution < 1.29 is 19.1 Å². The van der Waals surface area contributed by atoms with E-state index in [0.717, 1.165) is 12.0 Å². The van der Waals surface area contributed by atoms with Crippen molar-refractivity contribution in [3.05, 3.63) is 57.5 Å². The summed E-state index contributed by atoms with van der Waals surface area (Å²) >= 11 is 0. The summed E-state index contributed by atoms with van der Waals surface area (Å²) in [6.07, 6.45) is 3.62. The van der Waals surface area contributed by atoms with Crippen molar-refractivity contribution in [3.63, 3.8) is 0 Å². The first-order valence-electron chi connectivity index (χ1n) is 9.94.